The molecule has 0 radical (unpaired) electrons. The van der Waals surface area contributed by atoms with Gasteiger partial charge >= 0.3 is 5.69 Å². The van der Waals surface area contributed by atoms with E-state index in [1.165, 1.54) is 34.9 Å². The lowest BCUT2D eigenvalue weighted by molar-refractivity contribution is 0.236. The highest BCUT2D eigenvalue weighted by atomic mass is 35.5. The summed E-state index contributed by atoms with van der Waals surface area (Å²) in [6, 6.07) is 18.1. The number of rotatable bonds is 4. The molecule has 5 nitrogen and oxygen atoms in total. The van der Waals surface area contributed by atoms with Crippen molar-refractivity contribution in [3.8, 4) is 17.6 Å². The molecule has 0 amide bonds. The van der Waals surface area contributed by atoms with Crippen LogP contribution in [0.4, 0.5) is 8.78 Å². The summed E-state index contributed by atoms with van der Waals surface area (Å²) in [6.45, 7) is 5.79. The number of halogens is 4. The summed E-state index contributed by atoms with van der Waals surface area (Å²) in [5, 5.41) is 22.5. The van der Waals surface area contributed by atoms with Crippen LogP contribution in [0, 0.1) is 28.4 Å². The molecule has 3 atom stereocenters. The predicted octanol–water partition coefficient (Wildman–Crippen LogP) is 7.51. The first kappa shape index (κ1) is 27.0. The quantitative estimate of drug-likeness (QED) is 0.277. The molecule has 0 bridgehead atoms. The van der Waals surface area contributed by atoms with E-state index in [2.05, 4.69) is 6.07 Å². The van der Waals surface area contributed by atoms with Crippen LogP contribution in [-0.2, 0) is 5.41 Å². The lowest BCUT2D eigenvalue weighted by atomic mass is 9.63. The fourth-order valence-electron chi connectivity index (χ4n) is 5.84. The van der Waals surface area contributed by atoms with Gasteiger partial charge in [0.25, 0.3) is 0 Å². The average Bonchev–Trinajstić information content (AvgIpc) is 3.29. The van der Waals surface area contributed by atoms with Crippen molar-refractivity contribution >= 4 is 23.2 Å². The van der Waals surface area contributed by atoms with E-state index in [9.17, 15) is 15.2 Å². The van der Waals surface area contributed by atoms with Gasteiger partial charge in [0.2, 0.25) is 5.88 Å². The third kappa shape index (κ3) is 4.14. The lowest BCUT2D eigenvalue weighted by Crippen LogP contribution is -2.41. The van der Waals surface area contributed by atoms with Crippen molar-refractivity contribution < 1.29 is 13.9 Å². The number of fused-ring (bicyclic) bond motifs is 1. The Bertz CT molecular complexity index is 1690. The molecule has 1 N–H and O–H groups in total. The number of benzene rings is 3. The third-order valence-corrected chi connectivity index (χ3v) is 7.87. The summed E-state index contributed by atoms with van der Waals surface area (Å²) in [7, 11) is 0. The van der Waals surface area contributed by atoms with Gasteiger partial charge in [0.1, 0.15) is 17.0 Å². The second-order valence-electron chi connectivity index (χ2n) is 11.0. The van der Waals surface area contributed by atoms with Crippen molar-refractivity contribution in [2.45, 2.75) is 44.6 Å². The number of nitriles is 1. The largest absolute Gasteiger partial charge is 0.493 e. The van der Waals surface area contributed by atoms with Gasteiger partial charge in [-0.2, -0.15) is 5.26 Å². The summed E-state index contributed by atoms with van der Waals surface area (Å²) in [6.07, 6.45) is 0.229. The normalized spacial score (nSPS) is 20.6. The van der Waals surface area contributed by atoms with Crippen LogP contribution in [0.5, 0.6) is 5.88 Å². The van der Waals surface area contributed by atoms with E-state index in [0.29, 0.717) is 5.69 Å². The van der Waals surface area contributed by atoms with E-state index in [1.54, 1.807) is 30.3 Å². The monoisotopic (exact) mass is 567 g/mol. The van der Waals surface area contributed by atoms with Crippen LogP contribution in [-0.4, -0.2) is 14.2 Å². The Hall–Kier alpha value is -3.60. The highest BCUT2D eigenvalue weighted by Gasteiger charge is 2.61. The molecule has 5 rings (SSSR count). The SMILES string of the molecule is CC(C)(C)C[C@@H]1n2c(c(O)n(-c3ccccc3)c2=O)[C@H](c2cccc(Cl)c2F)[C@@]1(C#N)c1ccc(Cl)cc1F. The first-order valence-electron chi connectivity index (χ1n) is 12.3. The number of nitrogens with zero attached hydrogens (tertiary/aromatic N) is 3. The van der Waals surface area contributed by atoms with Crippen molar-refractivity contribution in [3.63, 3.8) is 0 Å². The Morgan fingerprint density at radius 2 is 1.74 bits per heavy atom. The Kier molecular flexibility index (Phi) is 6.61. The molecule has 1 aliphatic heterocycles. The summed E-state index contributed by atoms with van der Waals surface area (Å²) in [4.78, 5) is 14.1. The Morgan fingerprint density at radius 1 is 1.05 bits per heavy atom. The maximum absolute atomic E-state index is 15.8. The van der Waals surface area contributed by atoms with Gasteiger partial charge in [-0.05, 0) is 42.2 Å². The van der Waals surface area contributed by atoms with Crippen LogP contribution < -0.4 is 5.69 Å². The molecule has 0 aliphatic carbocycles. The molecule has 39 heavy (non-hydrogen) atoms. The molecule has 4 aromatic rings. The first-order chi connectivity index (χ1) is 18.4. The highest BCUT2D eigenvalue weighted by molar-refractivity contribution is 6.31. The number of hydrogen-bond acceptors (Lipinski definition) is 3. The van der Waals surface area contributed by atoms with E-state index in [1.807, 2.05) is 20.8 Å². The van der Waals surface area contributed by atoms with Gasteiger partial charge in [-0.3, -0.25) is 4.57 Å². The van der Waals surface area contributed by atoms with E-state index in [-0.39, 0.29) is 33.3 Å². The van der Waals surface area contributed by atoms with Crippen LogP contribution in [0.25, 0.3) is 5.69 Å². The molecular formula is C30H25Cl2F2N3O2. The van der Waals surface area contributed by atoms with Crippen molar-refractivity contribution in [1.29, 1.82) is 5.26 Å². The molecule has 0 saturated carbocycles. The van der Waals surface area contributed by atoms with E-state index >= 15 is 8.78 Å². The van der Waals surface area contributed by atoms with Crippen LogP contribution in [0.15, 0.2) is 71.5 Å². The second-order valence-corrected chi connectivity index (χ2v) is 11.8. The van der Waals surface area contributed by atoms with Gasteiger partial charge in [-0.15, -0.1) is 0 Å². The fourth-order valence-corrected chi connectivity index (χ4v) is 6.18. The van der Waals surface area contributed by atoms with Crippen LogP contribution in [0.2, 0.25) is 10.0 Å². The maximum Gasteiger partial charge on any atom is 0.336 e. The molecule has 0 unspecified atom stereocenters. The molecular weight excluding hydrogens is 543 g/mol. The Balaban J connectivity index is 1.96. The van der Waals surface area contributed by atoms with Crippen molar-refractivity contribution in [3.05, 3.63) is 116 Å². The smallest absolute Gasteiger partial charge is 0.336 e. The summed E-state index contributed by atoms with van der Waals surface area (Å²) >= 11 is 12.2. The minimum Gasteiger partial charge on any atom is -0.493 e. The van der Waals surface area contributed by atoms with Crippen LogP contribution in [0.1, 0.15) is 56.0 Å². The molecule has 200 valence electrons. The zero-order chi connectivity index (χ0) is 28.3. The van der Waals surface area contributed by atoms with Gasteiger partial charge in [-0.1, -0.05) is 80.4 Å². The van der Waals surface area contributed by atoms with Crippen molar-refractivity contribution in [1.82, 2.24) is 9.13 Å². The van der Waals surface area contributed by atoms with E-state index in [0.717, 1.165) is 10.6 Å². The third-order valence-electron chi connectivity index (χ3n) is 7.34. The lowest BCUT2D eigenvalue weighted by Gasteiger charge is -2.38. The standard InChI is InChI=1S/C30H25Cl2F2N3O2/c1-29(2,3)15-23-30(16-35,20-13-12-17(31)14-22(20)33)24(19-10-7-11-21(32)25(19)34)26-27(38)36(28(39)37(23)26)18-8-5-4-6-9-18/h4-14,23-24,38H,15H2,1-3H3/t23-,24-,30-/m0/s1. The van der Waals surface area contributed by atoms with E-state index in [4.69, 9.17) is 23.2 Å². The number of aromatic hydroxyl groups is 1. The minimum atomic E-state index is -1.84. The van der Waals surface area contributed by atoms with Gasteiger partial charge in [0, 0.05) is 16.1 Å². The van der Waals surface area contributed by atoms with Crippen molar-refractivity contribution in [2.24, 2.45) is 5.41 Å². The van der Waals surface area contributed by atoms with Gasteiger partial charge < -0.3 is 5.11 Å². The predicted molar refractivity (Wildman–Crippen MR) is 147 cm³/mol. The zero-order valence-electron chi connectivity index (χ0n) is 21.4. The Labute approximate surface area is 234 Å². The van der Waals surface area contributed by atoms with Gasteiger partial charge in [-0.25, -0.2) is 18.1 Å². The summed E-state index contributed by atoms with van der Waals surface area (Å²) in [5.41, 5.74) is -2.61. The molecule has 9 heteroatoms. The molecule has 2 heterocycles. The highest BCUT2D eigenvalue weighted by Crippen LogP contribution is 2.60. The molecule has 0 saturated heterocycles. The molecule has 1 aliphatic rings. The molecule has 0 spiro atoms. The fraction of sp³-hybridized carbons (Fsp3) is 0.267. The minimum absolute atomic E-state index is 0.00942. The number of aromatic nitrogens is 2. The Morgan fingerprint density at radius 3 is 2.36 bits per heavy atom. The van der Waals surface area contributed by atoms with Gasteiger partial charge in [0.05, 0.1) is 34.4 Å². The van der Waals surface area contributed by atoms with E-state index < -0.39 is 46.0 Å². The average molecular weight is 568 g/mol. The zero-order valence-corrected chi connectivity index (χ0v) is 22.9. The first-order valence-corrected chi connectivity index (χ1v) is 13.1. The molecule has 0 fully saturated rings. The number of imidazole rings is 1. The maximum atomic E-state index is 15.8. The summed E-state index contributed by atoms with van der Waals surface area (Å²) < 4.78 is 34.0. The van der Waals surface area contributed by atoms with Crippen LogP contribution in [0.3, 0.4) is 0 Å². The van der Waals surface area contributed by atoms with Gasteiger partial charge in [0.15, 0.2) is 0 Å². The second kappa shape index (κ2) is 9.55. The topological polar surface area (TPSA) is 70.9 Å². The summed E-state index contributed by atoms with van der Waals surface area (Å²) in [5.74, 6) is -3.34. The molecule has 1 aromatic heterocycles. The molecule has 3 aromatic carbocycles. The van der Waals surface area contributed by atoms with Crippen LogP contribution >= 0.6 is 23.2 Å². The number of para-hydroxylation sites is 1. The number of hydrogen-bond donors (Lipinski definition) is 1. The van der Waals surface area contributed by atoms with Crippen molar-refractivity contribution in [2.75, 3.05) is 0 Å².